The summed E-state index contributed by atoms with van der Waals surface area (Å²) in [5.41, 5.74) is 0. The van der Waals surface area contributed by atoms with Gasteiger partial charge in [0.1, 0.15) is 17.9 Å². The van der Waals surface area contributed by atoms with E-state index in [1.807, 2.05) is 0 Å². The van der Waals surface area contributed by atoms with Crippen molar-refractivity contribution in [1.29, 1.82) is 0 Å². The predicted molar refractivity (Wildman–Crippen MR) is 33.2 cm³/mol. The van der Waals surface area contributed by atoms with Crippen LogP contribution in [0.4, 0.5) is 39.5 Å². The molecule has 134 valence electrons. The first-order valence-corrected chi connectivity index (χ1v) is 3.68. The Bertz CT molecular complexity index is 313. The number of halogens is 9. The van der Waals surface area contributed by atoms with Crippen molar-refractivity contribution in [3.8, 4) is 0 Å². The van der Waals surface area contributed by atoms with E-state index < -0.39 is 36.4 Å². The van der Waals surface area contributed by atoms with E-state index in [-0.39, 0.29) is 22.4 Å². The topological polar surface area (TPSA) is 120 Å². The third-order valence-corrected chi connectivity index (χ3v) is 0.694. The summed E-state index contributed by atoms with van der Waals surface area (Å²) in [6.07, 6.45) is -15.6. The third kappa shape index (κ3) is 20.8. The van der Waals surface area contributed by atoms with E-state index in [0.29, 0.717) is 0 Å². The summed E-state index contributed by atoms with van der Waals surface area (Å²) in [7, 11) is 0. The van der Waals surface area contributed by atoms with Gasteiger partial charge in [0.15, 0.2) is 0 Å². The summed E-state index contributed by atoms with van der Waals surface area (Å²) in [4.78, 5) is 26.4. The first-order chi connectivity index (χ1) is 8.83. The molecule has 16 heteroatoms. The molecule has 0 amide bonds. The van der Waals surface area contributed by atoms with Gasteiger partial charge in [-0.15, -0.1) is 0 Å². The zero-order valence-electron chi connectivity index (χ0n) is 9.15. The standard InChI is InChI=1S/3C2HF3O2.Au/c3*3-2(4,5)1(6)7;/h3*(H,6,7);/q;;;+3/p-3. The van der Waals surface area contributed by atoms with Gasteiger partial charge in [0.05, 0.1) is 0 Å². The molecule has 0 aliphatic heterocycles. The monoisotopic (exact) mass is 536 g/mol. The molecule has 0 fully saturated rings. The average Bonchev–Trinajstić information content (AvgIpc) is 2.14. The second kappa shape index (κ2) is 10.3. The molecule has 0 aromatic heterocycles. The molecule has 0 N–H and O–H groups in total. The van der Waals surface area contributed by atoms with E-state index in [9.17, 15) is 39.5 Å². The van der Waals surface area contributed by atoms with Gasteiger partial charge in [-0.3, -0.25) is 0 Å². The van der Waals surface area contributed by atoms with Gasteiger partial charge in [0.2, 0.25) is 0 Å². The number of carboxylic acid groups (broad SMARTS) is 3. The van der Waals surface area contributed by atoms with Crippen molar-refractivity contribution < 1.29 is 91.6 Å². The van der Waals surface area contributed by atoms with Gasteiger partial charge in [-0.2, -0.15) is 39.5 Å². The van der Waals surface area contributed by atoms with Crippen molar-refractivity contribution >= 4 is 17.9 Å². The number of carbonyl (C=O) groups is 3. The van der Waals surface area contributed by atoms with Crippen LogP contribution in [0.2, 0.25) is 0 Å². The van der Waals surface area contributed by atoms with Crippen LogP contribution < -0.4 is 15.3 Å². The third-order valence-electron chi connectivity index (χ3n) is 0.694. The van der Waals surface area contributed by atoms with E-state index in [1.54, 1.807) is 0 Å². The number of alkyl halides is 9. The van der Waals surface area contributed by atoms with Crippen molar-refractivity contribution in [1.82, 2.24) is 0 Å². The molecule has 0 aromatic carbocycles. The first kappa shape index (κ1) is 28.6. The minimum absolute atomic E-state index is 0. The van der Waals surface area contributed by atoms with Crippen molar-refractivity contribution in [2.24, 2.45) is 0 Å². The van der Waals surface area contributed by atoms with E-state index in [4.69, 9.17) is 29.7 Å². The van der Waals surface area contributed by atoms with Gasteiger partial charge in [-0.25, -0.2) is 0 Å². The quantitative estimate of drug-likeness (QED) is 0.259. The molecule has 22 heavy (non-hydrogen) atoms. The molecule has 6 nitrogen and oxygen atoms in total. The molecular weight excluding hydrogens is 536 g/mol. The van der Waals surface area contributed by atoms with Gasteiger partial charge < -0.3 is 29.7 Å². The summed E-state index contributed by atoms with van der Waals surface area (Å²) in [6.45, 7) is 0. The fraction of sp³-hybridized carbons (Fsp3) is 0.500. The zero-order valence-corrected chi connectivity index (χ0v) is 11.3. The molecule has 0 aromatic rings. The minimum atomic E-state index is -5.19. The molecule has 0 radical (unpaired) electrons. The smallest absolute Gasteiger partial charge is 0.542 e. The first-order valence-electron chi connectivity index (χ1n) is 3.68. The molecule has 0 aliphatic carbocycles. The normalized spacial score (nSPS) is 10.8. The van der Waals surface area contributed by atoms with Gasteiger partial charge in [-0.05, 0) is 0 Å². The Kier molecular flexibility index (Phi) is 13.4. The molecule has 0 spiro atoms. The fourth-order valence-corrected chi connectivity index (χ4v) is 0. The Labute approximate surface area is 129 Å². The summed E-state index contributed by atoms with van der Waals surface area (Å²) >= 11 is 0. The van der Waals surface area contributed by atoms with E-state index in [1.165, 1.54) is 0 Å². The minimum Gasteiger partial charge on any atom is -0.542 e. The van der Waals surface area contributed by atoms with Crippen LogP contribution in [0.25, 0.3) is 0 Å². The maximum Gasteiger partial charge on any atom is 3.00 e. The Morgan fingerprint density at radius 2 is 0.545 bits per heavy atom. The van der Waals surface area contributed by atoms with Crippen LogP contribution in [-0.4, -0.2) is 36.4 Å². The second-order valence-electron chi connectivity index (χ2n) is 2.36. The molecular formula is C6AuF9O6. The summed E-state index contributed by atoms with van der Waals surface area (Å²) < 4.78 is 94.6. The summed E-state index contributed by atoms with van der Waals surface area (Å²) in [6, 6.07) is 0. The number of rotatable bonds is 0. The van der Waals surface area contributed by atoms with Crippen LogP contribution in [0.15, 0.2) is 0 Å². The molecule has 0 heterocycles. The molecule has 0 aliphatic rings. The van der Waals surface area contributed by atoms with E-state index in [0.717, 1.165) is 0 Å². The van der Waals surface area contributed by atoms with Crippen LogP contribution in [0.3, 0.4) is 0 Å². The van der Waals surface area contributed by atoms with Crippen molar-refractivity contribution in [2.75, 3.05) is 0 Å². The molecule has 0 rings (SSSR count). The maximum absolute atomic E-state index is 10.5. The Morgan fingerprint density at radius 3 is 0.545 bits per heavy atom. The molecule has 0 atom stereocenters. The average molecular weight is 536 g/mol. The summed E-state index contributed by atoms with van der Waals surface area (Å²) in [5.74, 6) is -9.02. The maximum atomic E-state index is 10.5. The molecule has 0 unspecified atom stereocenters. The van der Waals surface area contributed by atoms with Crippen LogP contribution >= 0.6 is 0 Å². The number of aliphatic carboxylic acids is 3. The number of hydrogen-bond acceptors (Lipinski definition) is 6. The van der Waals surface area contributed by atoms with Crippen LogP contribution in [-0.2, 0) is 36.8 Å². The molecule has 0 saturated carbocycles. The van der Waals surface area contributed by atoms with Gasteiger partial charge in [0, 0.05) is 0 Å². The Morgan fingerprint density at radius 1 is 0.500 bits per heavy atom. The van der Waals surface area contributed by atoms with E-state index >= 15 is 0 Å². The van der Waals surface area contributed by atoms with Crippen LogP contribution in [0, 0.1) is 0 Å². The number of carbonyl (C=O) groups excluding carboxylic acids is 3. The van der Waals surface area contributed by atoms with Gasteiger partial charge >= 0.3 is 40.9 Å². The van der Waals surface area contributed by atoms with Gasteiger partial charge in [-0.1, -0.05) is 0 Å². The van der Waals surface area contributed by atoms with Crippen LogP contribution in [0.5, 0.6) is 0 Å². The number of hydrogen-bond donors (Lipinski definition) is 0. The zero-order chi connectivity index (χ0) is 18.2. The molecule has 0 bridgehead atoms. The van der Waals surface area contributed by atoms with Crippen molar-refractivity contribution in [2.45, 2.75) is 18.5 Å². The van der Waals surface area contributed by atoms with E-state index in [2.05, 4.69) is 0 Å². The van der Waals surface area contributed by atoms with Crippen molar-refractivity contribution in [3.05, 3.63) is 0 Å². The fourth-order valence-electron chi connectivity index (χ4n) is 0. The Balaban J connectivity index is -0.000000108. The Hall–Kier alpha value is -1.48. The van der Waals surface area contributed by atoms with Gasteiger partial charge in [0.25, 0.3) is 0 Å². The van der Waals surface area contributed by atoms with Crippen molar-refractivity contribution in [3.63, 3.8) is 0 Å². The predicted octanol–water partition coefficient (Wildman–Crippen LogP) is -2.11. The van der Waals surface area contributed by atoms with Crippen LogP contribution in [0.1, 0.15) is 0 Å². The molecule has 0 saturated heterocycles. The summed E-state index contributed by atoms with van der Waals surface area (Å²) in [5, 5.41) is 26.4. The second-order valence-corrected chi connectivity index (χ2v) is 2.36. The SMILES string of the molecule is O=C([O-])C(F)(F)F.O=C([O-])C(F)(F)F.O=C([O-])C(F)(F)F.[Au+3]. The largest absolute Gasteiger partial charge is 3.00 e. The number of carboxylic acids is 3.